The van der Waals surface area contributed by atoms with E-state index in [2.05, 4.69) is 36.4 Å². The number of carbonyl (C=O) groups excluding carboxylic acids is 1. The standard InChI is InChI=1S/C14H23N3O2/c1-14(2,3)17-12-8-11(9-15-10-12)13(18)16-6-5-7-19-4/h8-10,17H,5-7H2,1-4H3,(H,16,18). The summed E-state index contributed by atoms with van der Waals surface area (Å²) in [5, 5.41) is 6.13. The van der Waals surface area contributed by atoms with Gasteiger partial charge in [0.15, 0.2) is 0 Å². The van der Waals surface area contributed by atoms with Gasteiger partial charge >= 0.3 is 0 Å². The lowest BCUT2D eigenvalue weighted by atomic mass is 10.1. The number of carbonyl (C=O) groups is 1. The average molecular weight is 265 g/mol. The molecule has 1 amide bonds. The third-order valence-electron chi connectivity index (χ3n) is 2.33. The molecule has 0 bridgehead atoms. The zero-order chi connectivity index (χ0) is 14.3. The molecule has 0 spiro atoms. The van der Waals surface area contributed by atoms with Crippen LogP contribution in [0.4, 0.5) is 5.69 Å². The number of amides is 1. The number of rotatable bonds is 6. The topological polar surface area (TPSA) is 63.2 Å². The normalized spacial score (nSPS) is 11.2. The van der Waals surface area contributed by atoms with Crippen LogP contribution in [-0.2, 0) is 4.74 Å². The van der Waals surface area contributed by atoms with Gasteiger partial charge in [-0.3, -0.25) is 9.78 Å². The summed E-state index contributed by atoms with van der Waals surface area (Å²) in [6.07, 6.45) is 4.09. The molecular weight excluding hydrogens is 242 g/mol. The fourth-order valence-corrected chi connectivity index (χ4v) is 1.59. The fraction of sp³-hybridized carbons (Fsp3) is 0.571. The summed E-state index contributed by atoms with van der Waals surface area (Å²) in [5.74, 6) is -0.110. The van der Waals surface area contributed by atoms with E-state index in [0.717, 1.165) is 12.1 Å². The second-order valence-electron chi connectivity index (χ2n) is 5.44. The predicted molar refractivity (Wildman–Crippen MR) is 76.4 cm³/mol. The lowest BCUT2D eigenvalue weighted by molar-refractivity contribution is 0.0948. The maximum atomic E-state index is 11.9. The molecule has 1 aromatic rings. The van der Waals surface area contributed by atoms with Crippen molar-refractivity contribution < 1.29 is 9.53 Å². The van der Waals surface area contributed by atoms with Crippen LogP contribution < -0.4 is 10.6 Å². The molecule has 5 heteroatoms. The molecule has 0 radical (unpaired) electrons. The second kappa shape index (κ2) is 7.09. The molecule has 0 atom stereocenters. The molecule has 0 aromatic carbocycles. The minimum Gasteiger partial charge on any atom is -0.385 e. The number of nitrogens with zero attached hydrogens (tertiary/aromatic N) is 1. The van der Waals surface area contributed by atoms with Crippen molar-refractivity contribution in [3.63, 3.8) is 0 Å². The zero-order valence-corrected chi connectivity index (χ0v) is 12.1. The lowest BCUT2D eigenvalue weighted by Crippen LogP contribution is -2.27. The van der Waals surface area contributed by atoms with Crippen molar-refractivity contribution >= 4 is 11.6 Å². The van der Waals surface area contributed by atoms with Crippen LogP contribution >= 0.6 is 0 Å². The largest absolute Gasteiger partial charge is 0.385 e. The highest BCUT2D eigenvalue weighted by molar-refractivity contribution is 5.94. The monoisotopic (exact) mass is 265 g/mol. The van der Waals surface area contributed by atoms with Crippen LogP contribution in [0.2, 0.25) is 0 Å². The average Bonchev–Trinajstić information content (AvgIpc) is 2.32. The number of pyridine rings is 1. The van der Waals surface area contributed by atoms with E-state index in [4.69, 9.17) is 4.74 Å². The van der Waals surface area contributed by atoms with Gasteiger partial charge < -0.3 is 15.4 Å². The van der Waals surface area contributed by atoms with Crippen molar-refractivity contribution in [1.82, 2.24) is 10.3 Å². The van der Waals surface area contributed by atoms with Crippen molar-refractivity contribution in [3.05, 3.63) is 24.0 Å². The highest BCUT2D eigenvalue weighted by Crippen LogP contribution is 2.14. The van der Waals surface area contributed by atoms with Crippen LogP contribution in [0.1, 0.15) is 37.6 Å². The Bertz CT molecular complexity index is 413. The molecule has 0 fully saturated rings. The van der Waals surface area contributed by atoms with Crippen molar-refractivity contribution in [1.29, 1.82) is 0 Å². The SMILES string of the molecule is COCCCNC(=O)c1cncc(NC(C)(C)C)c1. The van der Waals surface area contributed by atoms with E-state index in [1.807, 2.05) is 6.07 Å². The number of hydrogen-bond donors (Lipinski definition) is 2. The first kappa shape index (κ1) is 15.4. The van der Waals surface area contributed by atoms with E-state index >= 15 is 0 Å². The number of ether oxygens (including phenoxy) is 1. The van der Waals surface area contributed by atoms with Crippen molar-refractivity contribution in [2.45, 2.75) is 32.7 Å². The molecule has 0 unspecified atom stereocenters. The summed E-state index contributed by atoms with van der Waals surface area (Å²) in [6.45, 7) is 7.42. The third kappa shape index (κ3) is 6.20. The molecule has 1 aromatic heterocycles. The Balaban J connectivity index is 2.58. The number of aromatic nitrogens is 1. The van der Waals surface area contributed by atoms with E-state index < -0.39 is 0 Å². The minimum absolute atomic E-state index is 0.0603. The number of methoxy groups -OCH3 is 1. The summed E-state index contributed by atoms with van der Waals surface area (Å²) >= 11 is 0. The number of nitrogens with one attached hydrogen (secondary N) is 2. The van der Waals surface area contributed by atoms with Crippen molar-refractivity contribution in [2.75, 3.05) is 25.6 Å². The molecule has 19 heavy (non-hydrogen) atoms. The van der Waals surface area contributed by atoms with Gasteiger partial charge in [-0.15, -0.1) is 0 Å². The summed E-state index contributed by atoms with van der Waals surface area (Å²) < 4.78 is 4.93. The summed E-state index contributed by atoms with van der Waals surface area (Å²) in [5.41, 5.74) is 1.35. The van der Waals surface area contributed by atoms with Crippen LogP contribution in [0, 0.1) is 0 Å². The van der Waals surface area contributed by atoms with E-state index in [1.165, 1.54) is 0 Å². The Morgan fingerprint density at radius 2 is 2.11 bits per heavy atom. The molecule has 2 N–H and O–H groups in total. The molecule has 106 valence electrons. The molecule has 0 aliphatic carbocycles. The second-order valence-corrected chi connectivity index (χ2v) is 5.44. The smallest absolute Gasteiger partial charge is 0.252 e. The Morgan fingerprint density at radius 1 is 1.37 bits per heavy atom. The Hall–Kier alpha value is -1.62. The number of anilines is 1. The Kier molecular flexibility index (Phi) is 5.76. The Morgan fingerprint density at radius 3 is 2.74 bits per heavy atom. The van der Waals surface area contributed by atoms with Crippen LogP contribution in [-0.4, -0.2) is 36.7 Å². The first-order valence-corrected chi connectivity index (χ1v) is 6.43. The molecule has 1 heterocycles. The summed E-state index contributed by atoms with van der Waals surface area (Å²) in [6, 6.07) is 1.81. The van der Waals surface area contributed by atoms with Gasteiger partial charge in [-0.2, -0.15) is 0 Å². The van der Waals surface area contributed by atoms with Gasteiger partial charge in [0.25, 0.3) is 5.91 Å². The Labute approximate surface area is 114 Å². The van der Waals surface area contributed by atoms with E-state index in [0.29, 0.717) is 18.7 Å². The molecule has 0 aliphatic heterocycles. The summed E-state index contributed by atoms with van der Waals surface area (Å²) in [4.78, 5) is 16.0. The van der Waals surface area contributed by atoms with Crippen LogP contribution in [0.15, 0.2) is 18.5 Å². The molecule has 0 saturated heterocycles. The van der Waals surface area contributed by atoms with Gasteiger partial charge in [-0.25, -0.2) is 0 Å². The molecule has 0 aliphatic rings. The van der Waals surface area contributed by atoms with Crippen molar-refractivity contribution in [2.24, 2.45) is 0 Å². The van der Waals surface area contributed by atoms with Crippen LogP contribution in [0.3, 0.4) is 0 Å². The maximum absolute atomic E-state index is 11.9. The number of hydrogen-bond acceptors (Lipinski definition) is 4. The first-order chi connectivity index (χ1) is 8.92. The highest BCUT2D eigenvalue weighted by atomic mass is 16.5. The zero-order valence-electron chi connectivity index (χ0n) is 12.1. The third-order valence-corrected chi connectivity index (χ3v) is 2.33. The van der Waals surface area contributed by atoms with Gasteiger partial charge in [-0.1, -0.05) is 0 Å². The van der Waals surface area contributed by atoms with Gasteiger partial charge in [0, 0.05) is 38.2 Å². The van der Waals surface area contributed by atoms with Gasteiger partial charge in [0.05, 0.1) is 11.3 Å². The van der Waals surface area contributed by atoms with E-state index in [1.54, 1.807) is 19.5 Å². The van der Waals surface area contributed by atoms with Gasteiger partial charge in [0.1, 0.15) is 0 Å². The van der Waals surface area contributed by atoms with Gasteiger partial charge in [0.2, 0.25) is 0 Å². The predicted octanol–water partition coefficient (Wildman–Crippen LogP) is 2.06. The maximum Gasteiger partial charge on any atom is 0.252 e. The van der Waals surface area contributed by atoms with E-state index in [9.17, 15) is 4.79 Å². The summed E-state index contributed by atoms with van der Waals surface area (Å²) in [7, 11) is 1.65. The minimum atomic E-state index is -0.110. The van der Waals surface area contributed by atoms with E-state index in [-0.39, 0.29) is 11.4 Å². The van der Waals surface area contributed by atoms with Crippen LogP contribution in [0.25, 0.3) is 0 Å². The van der Waals surface area contributed by atoms with Crippen LogP contribution in [0.5, 0.6) is 0 Å². The lowest BCUT2D eigenvalue weighted by Gasteiger charge is -2.22. The quantitative estimate of drug-likeness (QED) is 0.773. The molecule has 1 rings (SSSR count). The van der Waals surface area contributed by atoms with Gasteiger partial charge in [-0.05, 0) is 33.3 Å². The molecule has 0 saturated carbocycles. The highest BCUT2D eigenvalue weighted by Gasteiger charge is 2.11. The first-order valence-electron chi connectivity index (χ1n) is 6.43. The fourth-order valence-electron chi connectivity index (χ4n) is 1.59. The van der Waals surface area contributed by atoms with Crippen molar-refractivity contribution in [3.8, 4) is 0 Å². The molecular formula is C14H23N3O2. The molecule has 5 nitrogen and oxygen atoms in total.